The van der Waals surface area contributed by atoms with E-state index in [4.69, 9.17) is 0 Å². The van der Waals surface area contributed by atoms with Gasteiger partial charge in [0.1, 0.15) is 11.6 Å². The number of amides is 1. The van der Waals surface area contributed by atoms with Gasteiger partial charge in [0.2, 0.25) is 15.7 Å². The highest BCUT2D eigenvalue weighted by molar-refractivity contribution is 7.91. The molecule has 0 aliphatic heterocycles. The number of hydrogen-bond donors (Lipinski definition) is 2. The number of hydrogen-bond acceptors (Lipinski definition) is 5. The van der Waals surface area contributed by atoms with Crippen LogP contribution in [0.1, 0.15) is 51.3 Å². The second-order valence-electron chi connectivity index (χ2n) is 5.43. The van der Waals surface area contributed by atoms with E-state index in [-0.39, 0.29) is 11.2 Å². The average Bonchev–Trinajstić information content (AvgIpc) is 2.78. The van der Waals surface area contributed by atoms with Crippen molar-refractivity contribution in [3.05, 3.63) is 5.82 Å². The molecular formula is C13H22N4O3S. The van der Waals surface area contributed by atoms with Gasteiger partial charge in [-0.2, -0.15) is 0 Å². The SMILES string of the molecule is CCc1nc(S(=O)(=O)CC(=O)NC2CCCCCC2)n[nH]1. The van der Waals surface area contributed by atoms with Crippen molar-refractivity contribution in [3.8, 4) is 0 Å². The van der Waals surface area contributed by atoms with E-state index < -0.39 is 21.5 Å². The van der Waals surface area contributed by atoms with Crippen molar-refractivity contribution in [2.75, 3.05) is 5.75 Å². The Hall–Kier alpha value is -1.44. The lowest BCUT2D eigenvalue weighted by Gasteiger charge is -2.15. The second-order valence-corrected chi connectivity index (χ2v) is 7.32. The summed E-state index contributed by atoms with van der Waals surface area (Å²) in [6.45, 7) is 1.84. The van der Waals surface area contributed by atoms with Crippen LogP contribution in [0.4, 0.5) is 0 Å². The van der Waals surface area contributed by atoms with E-state index in [1.165, 1.54) is 12.8 Å². The van der Waals surface area contributed by atoms with E-state index in [0.717, 1.165) is 25.7 Å². The van der Waals surface area contributed by atoms with E-state index in [1.54, 1.807) is 0 Å². The first-order valence-electron chi connectivity index (χ1n) is 7.44. The monoisotopic (exact) mass is 314 g/mol. The van der Waals surface area contributed by atoms with Crippen LogP contribution in [0.3, 0.4) is 0 Å². The highest BCUT2D eigenvalue weighted by atomic mass is 32.2. The summed E-state index contributed by atoms with van der Waals surface area (Å²) in [5.41, 5.74) is 0. The van der Waals surface area contributed by atoms with E-state index in [1.807, 2.05) is 6.92 Å². The summed E-state index contributed by atoms with van der Waals surface area (Å²) in [5.74, 6) is -0.563. The molecule has 1 aliphatic carbocycles. The number of carbonyl (C=O) groups excluding carboxylic acids is 1. The Labute approximate surface area is 124 Å². The van der Waals surface area contributed by atoms with E-state index in [0.29, 0.717) is 12.2 Å². The molecule has 118 valence electrons. The fourth-order valence-electron chi connectivity index (χ4n) is 2.51. The molecule has 0 spiro atoms. The molecule has 0 atom stereocenters. The Bertz CT molecular complexity index is 574. The molecule has 1 aromatic rings. The molecule has 0 bridgehead atoms. The van der Waals surface area contributed by atoms with Gasteiger partial charge in [0.15, 0.2) is 0 Å². The van der Waals surface area contributed by atoms with Gasteiger partial charge >= 0.3 is 0 Å². The van der Waals surface area contributed by atoms with Gasteiger partial charge in [-0.1, -0.05) is 32.6 Å². The third-order valence-corrected chi connectivity index (χ3v) is 5.05. The van der Waals surface area contributed by atoms with Crippen LogP contribution in [0.2, 0.25) is 0 Å². The third-order valence-electron chi connectivity index (χ3n) is 3.67. The highest BCUT2D eigenvalue weighted by Gasteiger charge is 2.25. The molecule has 8 heteroatoms. The van der Waals surface area contributed by atoms with Crippen molar-refractivity contribution in [1.29, 1.82) is 0 Å². The molecule has 0 radical (unpaired) electrons. The molecular weight excluding hydrogens is 292 g/mol. The molecule has 1 saturated carbocycles. The molecule has 2 N–H and O–H groups in total. The van der Waals surface area contributed by atoms with Crippen LogP contribution < -0.4 is 5.32 Å². The molecule has 7 nitrogen and oxygen atoms in total. The van der Waals surface area contributed by atoms with Crippen LogP contribution in [0.25, 0.3) is 0 Å². The lowest BCUT2D eigenvalue weighted by atomic mass is 10.1. The molecule has 1 aliphatic rings. The smallest absolute Gasteiger partial charge is 0.267 e. The van der Waals surface area contributed by atoms with E-state index >= 15 is 0 Å². The van der Waals surface area contributed by atoms with Gasteiger partial charge in [-0.15, -0.1) is 5.10 Å². The second kappa shape index (κ2) is 7.02. The summed E-state index contributed by atoms with van der Waals surface area (Å²) in [5, 5.41) is 8.75. The van der Waals surface area contributed by atoms with Crippen LogP contribution >= 0.6 is 0 Å². The lowest BCUT2D eigenvalue weighted by Crippen LogP contribution is -2.38. The predicted octanol–water partition coefficient (Wildman–Crippen LogP) is 0.980. The molecule has 1 aromatic heterocycles. The molecule has 21 heavy (non-hydrogen) atoms. The Balaban J connectivity index is 1.94. The molecule has 0 aromatic carbocycles. The third kappa shape index (κ3) is 4.52. The Morgan fingerprint density at radius 1 is 1.29 bits per heavy atom. The lowest BCUT2D eigenvalue weighted by molar-refractivity contribution is -0.119. The number of H-pyrrole nitrogens is 1. The fraction of sp³-hybridized carbons (Fsp3) is 0.769. The summed E-state index contributed by atoms with van der Waals surface area (Å²) in [4.78, 5) is 15.8. The van der Waals surface area contributed by atoms with Crippen molar-refractivity contribution in [1.82, 2.24) is 20.5 Å². The topological polar surface area (TPSA) is 105 Å². The number of rotatable bonds is 5. The van der Waals surface area contributed by atoms with Gasteiger partial charge in [0.05, 0.1) is 0 Å². The predicted molar refractivity (Wildman–Crippen MR) is 77.4 cm³/mol. The Kier molecular flexibility index (Phi) is 5.33. The van der Waals surface area contributed by atoms with Crippen LogP contribution in [0.15, 0.2) is 5.16 Å². The number of aryl methyl sites for hydroxylation is 1. The summed E-state index contributed by atoms with van der Waals surface area (Å²) in [6, 6.07) is 0.0912. The maximum atomic E-state index is 12.1. The Morgan fingerprint density at radius 2 is 1.95 bits per heavy atom. The largest absolute Gasteiger partial charge is 0.352 e. The zero-order chi connectivity index (χ0) is 15.3. The summed E-state index contributed by atoms with van der Waals surface area (Å²) in [7, 11) is -3.77. The van der Waals surface area contributed by atoms with E-state index in [2.05, 4.69) is 20.5 Å². The van der Waals surface area contributed by atoms with Crippen LogP contribution in [0, 0.1) is 0 Å². The van der Waals surface area contributed by atoms with Crippen molar-refractivity contribution < 1.29 is 13.2 Å². The standard InChI is InChI=1S/C13H22N4O3S/c1-2-11-15-13(17-16-11)21(19,20)9-12(18)14-10-7-5-3-4-6-8-10/h10H,2-9H2,1H3,(H,14,18)(H,15,16,17). The highest BCUT2D eigenvalue weighted by Crippen LogP contribution is 2.17. The van der Waals surface area contributed by atoms with Crippen molar-refractivity contribution >= 4 is 15.7 Å². The van der Waals surface area contributed by atoms with E-state index in [9.17, 15) is 13.2 Å². The number of carbonyl (C=O) groups is 1. The first-order chi connectivity index (χ1) is 10.0. The maximum absolute atomic E-state index is 12.1. The maximum Gasteiger partial charge on any atom is 0.267 e. The zero-order valence-corrected chi connectivity index (χ0v) is 13.1. The first kappa shape index (κ1) is 15.9. The van der Waals surface area contributed by atoms with Gasteiger partial charge < -0.3 is 5.32 Å². The fourth-order valence-corrected chi connectivity index (χ4v) is 3.50. The van der Waals surface area contributed by atoms with Gasteiger partial charge in [0.25, 0.3) is 5.16 Å². The zero-order valence-electron chi connectivity index (χ0n) is 12.3. The van der Waals surface area contributed by atoms with Crippen molar-refractivity contribution in [2.24, 2.45) is 0 Å². The van der Waals surface area contributed by atoms with Crippen LogP contribution in [0.5, 0.6) is 0 Å². The molecule has 0 unspecified atom stereocenters. The summed E-state index contributed by atoms with van der Waals surface area (Å²) < 4.78 is 24.2. The summed E-state index contributed by atoms with van der Waals surface area (Å²) >= 11 is 0. The number of aromatic amines is 1. The van der Waals surface area contributed by atoms with Crippen LogP contribution in [-0.4, -0.2) is 41.3 Å². The number of nitrogens with one attached hydrogen (secondary N) is 2. The number of nitrogens with zero attached hydrogens (tertiary/aromatic N) is 2. The molecule has 1 fully saturated rings. The normalized spacial score (nSPS) is 17.4. The molecule has 1 heterocycles. The quantitative estimate of drug-likeness (QED) is 0.788. The molecule has 2 rings (SSSR count). The Morgan fingerprint density at radius 3 is 2.52 bits per heavy atom. The number of aromatic nitrogens is 3. The van der Waals surface area contributed by atoms with Gasteiger partial charge in [-0.05, 0) is 12.8 Å². The molecule has 1 amide bonds. The molecule has 0 saturated heterocycles. The minimum atomic E-state index is -3.77. The summed E-state index contributed by atoms with van der Waals surface area (Å²) in [6.07, 6.45) is 6.94. The van der Waals surface area contributed by atoms with Crippen molar-refractivity contribution in [3.63, 3.8) is 0 Å². The minimum absolute atomic E-state index is 0.0912. The first-order valence-corrected chi connectivity index (χ1v) is 9.10. The van der Waals surface area contributed by atoms with Crippen molar-refractivity contribution in [2.45, 2.75) is 63.1 Å². The average molecular weight is 314 g/mol. The van der Waals surface area contributed by atoms with Gasteiger partial charge in [-0.25, -0.2) is 13.4 Å². The van der Waals surface area contributed by atoms with Crippen LogP contribution in [-0.2, 0) is 21.1 Å². The van der Waals surface area contributed by atoms with Gasteiger partial charge in [-0.3, -0.25) is 9.89 Å². The minimum Gasteiger partial charge on any atom is -0.352 e. The van der Waals surface area contributed by atoms with Gasteiger partial charge in [0, 0.05) is 12.5 Å². The number of sulfone groups is 1.